The SMILES string of the molecule is CC(C)(C)SN[C@@H]1CN(c2ccnc(Cl)c2)CC12CCN(c1nc(Cl)c(I)c3nccn13)CC2. The van der Waals surface area contributed by atoms with Crippen LogP contribution in [0.15, 0.2) is 30.7 Å². The Balaban J connectivity index is 1.39. The Hall–Kier alpha value is -1.01. The topological polar surface area (TPSA) is 61.6 Å². The fourth-order valence-corrected chi connectivity index (χ4v) is 6.62. The van der Waals surface area contributed by atoms with Gasteiger partial charge in [0.25, 0.3) is 0 Å². The number of nitrogens with one attached hydrogen (secondary N) is 1. The van der Waals surface area contributed by atoms with Crippen LogP contribution < -0.4 is 14.5 Å². The number of halogens is 3. The summed E-state index contributed by atoms with van der Waals surface area (Å²) >= 11 is 16.7. The zero-order valence-electron chi connectivity index (χ0n) is 19.4. The third-order valence-electron chi connectivity index (χ3n) is 6.70. The third-order valence-corrected chi connectivity index (χ3v) is 9.51. The second kappa shape index (κ2) is 9.46. The first-order valence-corrected chi connectivity index (χ1v) is 14.0. The molecule has 3 aromatic heterocycles. The molecule has 0 unspecified atom stereocenters. The Morgan fingerprint density at radius 2 is 1.91 bits per heavy atom. The van der Waals surface area contributed by atoms with Crippen molar-refractivity contribution >= 4 is 75.0 Å². The third kappa shape index (κ3) is 4.83. The summed E-state index contributed by atoms with van der Waals surface area (Å²) < 4.78 is 6.93. The first-order chi connectivity index (χ1) is 16.2. The first-order valence-electron chi connectivity index (χ1n) is 11.4. The summed E-state index contributed by atoms with van der Waals surface area (Å²) in [6, 6.07) is 4.39. The van der Waals surface area contributed by atoms with Crippen molar-refractivity contribution < 1.29 is 0 Å². The van der Waals surface area contributed by atoms with E-state index in [9.17, 15) is 0 Å². The van der Waals surface area contributed by atoms with E-state index in [1.807, 2.05) is 30.4 Å². The van der Waals surface area contributed by atoms with Crippen LogP contribution in [-0.2, 0) is 0 Å². The molecule has 34 heavy (non-hydrogen) atoms. The van der Waals surface area contributed by atoms with Gasteiger partial charge in [0.1, 0.15) is 10.3 Å². The lowest BCUT2D eigenvalue weighted by Crippen LogP contribution is -2.50. The Morgan fingerprint density at radius 3 is 2.62 bits per heavy atom. The van der Waals surface area contributed by atoms with Gasteiger partial charge in [-0.1, -0.05) is 35.1 Å². The summed E-state index contributed by atoms with van der Waals surface area (Å²) in [6.45, 7) is 10.5. The predicted molar refractivity (Wildman–Crippen MR) is 150 cm³/mol. The average Bonchev–Trinajstić information content (AvgIpc) is 3.41. The number of fused-ring (bicyclic) bond motifs is 1. The molecule has 7 nitrogen and oxygen atoms in total. The molecular formula is C23H28Cl2IN7S. The summed E-state index contributed by atoms with van der Waals surface area (Å²) in [7, 11) is 0. The molecule has 0 aromatic carbocycles. The number of pyridine rings is 1. The Kier molecular flexibility index (Phi) is 6.86. The molecule has 2 aliphatic heterocycles. The van der Waals surface area contributed by atoms with Crippen LogP contribution in [0.5, 0.6) is 0 Å². The van der Waals surface area contributed by atoms with Crippen LogP contribution in [0.4, 0.5) is 11.6 Å². The van der Waals surface area contributed by atoms with E-state index in [4.69, 9.17) is 28.2 Å². The van der Waals surface area contributed by atoms with Crippen LogP contribution in [0.3, 0.4) is 0 Å². The van der Waals surface area contributed by atoms with Gasteiger partial charge in [-0.3, -0.25) is 9.12 Å². The quantitative estimate of drug-likeness (QED) is 0.175. The van der Waals surface area contributed by atoms with Crippen molar-refractivity contribution in [1.82, 2.24) is 24.1 Å². The molecule has 5 rings (SSSR count). The first kappa shape index (κ1) is 24.7. The minimum absolute atomic E-state index is 0.143. The lowest BCUT2D eigenvalue weighted by Gasteiger charge is -2.43. The van der Waals surface area contributed by atoms with Crippen LogP contribution in [-0.4, -0.2) is 56.3 Å². The van der Waals surface area contributed by atoms with E-state index in [1.54, 1.807) is 6.20 Å². The lowest BCUT2D eigenvalue weighted by atomic mass is 9.75. The molecule has 2 aliphatic rings. The zero-order valence-corrected chi connectivity index (χ0v) is 23.9. The van der Waals surface area contributed by atoms with E-state index >= 15 is 0 Å². The van der Waals surface area contributed by atoms with Crippen molar-refractivity contribution in [2.75, 3.05) is 36.0 Å². The highest BCUT2D eigenvalue weighted by Gasteiger charge is 2.49. The lowest BCUT2D eigenvalue weighted by molar-refractivity contribution is 0.211. The molecule has 0 aliphatic carbocycles. The van der Waals surface area contributed by atoms with Crippen molar-refractivity contribution in [3.05, 3.63) is 44.6 Å². The van der Waals surface area contributed by atoms with Gasteiger partial charge < -0.3 is 9.80 Å². The number of rotatable bonds is 4. The van der Waals surface area contributed by atoms with E-state index < -0.39 is 0 Å². The second-order valence-corrected chi connectivity index (χ2v) is 13.6. The minimum atomic E-state index is 0.143. The van der Waals surface area contributed by atoms with Crippen LogP contribution in [0.1, 0.15) is 33.6 Å². The zero-order chi connectivity index (χ0) is 24.1. The van der Waals surface area contributed by atoms with Gasteiger partial charge in [0.15, 0.2) is 5.65 Å². The maximum absolute atomic E-state index is 6.46. The molecule has 0 bridgehead atoms. The molecule has 3 aromatic rings. The maximum atomic E-state index is 6.46. The second-order valence-electron chi connectivity index (χ2n) is 10.1. The summed E-state index contributed by atoms with van der Waals surface area (Å²) in [5.41, 5.74) is 2.16. The van der Waals surface area contributed by atoms with Crippen molar-refractivity contribution in [2.24, 2.45) is 5.41 Å². The van der Waals surface area contributed by atoms with E-state index in [0.717, 1.165) is 59.9 Å². The number of aromatic nitrogens is 4. The Morgan fingerprint density at radius 1 is 1.15 bits per heavy atom. The number of hydrogen-bond donors (Lipinski definition) is 1. The van der Waals surface area contributed by atoms with Crippen molar-refractivity contribution in [1.29, 1.82) is 0 Å². The van der Waals surface area contributed by atoms with Crippen molar-refractivity contribution in [3.63, 3.8) is 0 Å². The van der Waals surface area contributed by atoms with Gasteiger partial charge in [0.05, 0.1) is 3.57 Å². The van der Waals surface area contributed by atoms with Gasteiger partial charge in [-0.2, -0.15) is 0 Å². The predicted octanol–water partition coefficient (Wildman–Crippen LogP) is 5.55. The van der Waals surface area contributed by atoms with Crippen LogP contribution >= 0.6 is 57.7 Å². The van der Waals surface area contributed by atoms with E-state index in [1.165, 1.54) is 0 Å². The van der Waals surface area contributed by atoms with Gasteiger partial charge in [-0.05, 0) is 68.3 Å². The van der Waals surface area contributed by atoms with Crippen LogP contribution in [0.2, 0.25) is 10.3 Å². The summed E-state index contributed by atoms with van der Waals surface area (Å²) in [5.74, 6) is 0.872. The number of imidazole rings is 1. The fourth-order valence-electron chi connectivity index (χ4n) is 4.96. The Bertz CT molecular complexity index is 1190. The molecule has 0 amide bonds. The number of anilines is 2. The molecular weight excluding hydrogens is 604 g/mol. The highest BCUT2D eigenvalue weighted by atomic mass is 127. The molecule has 1 atom stereocenters. The normalized spacial score (nSPS) is 20.6. The van der Waals surface area contributed by atoms with Crippen molar-refractivity contribution in [2.45, 2.75) is 44.4 Å². The largest absolute Gasteiger partial charge is 0.369 e. The molecule has 0 saturated carbocycles. The summed E-state index contributed by atoms with van der Waals surface area (Å²) in [4.78, 5) is 18.2. The number of hydrogen-bond acceptors (Lipinski definition) is 7. The minimum Gasteiger partial charge on any atom is -0.369 e. The highest BCUT2D eigenvalue weighted by Crippen LogP contribution is 2.44. The summed E-state index contributed by atoms with van der Waals surface area (Å²) in [5, 5.41) is 1.05. The molecule has 1 spiro atoms. The van der Waals surface area contributed by atoms with E-state index in [2.05, 4.69) is 78.3 Å². The maximum Gasteiger partial charge on any atom is 0.212 e. The smallest absolute Gasteiger partial charge is 0.212 e. The van der Waals surface area contributed by atoms with Gasteiger partial charge in [0, 0.05) is 66.7 Å². The molecule has 182 valence electrons. The molecule has 2 fully saturated rings. The molecule has 5 heterocycles. The molecule has 2 saturated heterocycles. The van der Waals surface area contributed by atoms with Gasteiger partial charge in [0.2, 0.25) is 5.95 Å². The monoisotopic (exact) mass is 631 g/mol. The van der Waals surface area contributed by atoms with Gasteiger partial charge >= 0.3 is 0 Å². The van der Waals surface area contributed by atoms with Crippen molar-refractivity contribution in [3.8, 4) is 0 Å². The average molecular weight is 632 g/mol. The van der Waals surface area contributed by atoms with Gasteiger partial charge in [-0.15, -0.1) is 0 Å². The Labute approximate surface area is 228 Å². The summed E-state index contributed by atoms with van der Waals surface area (Å²) in [6.07, 6.45) is 7.69. The van der Waals surface area contributed by atoms with E-state index in [-0.39, 0.29) is 10.2 Å². The standard InChI is InChI=1S/C23H28Cl2IN7S/c1-22(2,3)34-30-16-13-32(15-4-7-27-17(24)12-15)14-23(16)5-9-31(10-6-23)21-29-19(25)18(26)20-28-8-11-33(20)21/h4,7-8,11-12,16,30H,5-6,9-10,13-14H2,1-3H3/t16-/m1/s1. The fraction of sp³-hybridized carbons (Fsp3) is 0.522. The molecule has 1 N–H and O–H groups in total. The molecule has 0 radical (unpaired) electrons. The van der Waals surface area contributed by atoms with Crippen LogP contribution in [0.25, 0.3) is 5.65 Å². The van der Waals surface area contributed by atoms with E-state index in [0.29, 0.717) is 16.3 Å². The van der Waals surface area contributed by atoms with Crippen LogP contribution in [0, 0.1) is 8.99 Å². The number of nitrogens with zero attached hydrogens (tertiary/aromatic N) is 6. The number of piperidine rings is 1. The van der Waals surface area contributed by atoms with Gasteiger partial charge in [-0.25, -0.2) is 15.0 Å². The highest BCUT2D eigenvalue weighted by molar-refractivity contribution is 14.1. The molecule has 11 heteroatoms.